The van der Waals surface area contributed by atoms with Crippen LogP contribution in [0.2, 0.25) is 5.02 Å². The van der Waals surface area contributed by atoms with Crippen LogP contribution in [0.5, 0.6) is 5.75 Å². The molecule has 1 N–H and O–H groups in total. The second-order valence-electron chi connectivity index (χ2n) is 4.19. The van der Waals surface area contributed by atoms with E-state index < -0.39 is 0 Å². The zero-order valence-corrected chi connectivity index (χ0v) is 13.0. The molecule has 0 aromatic heterocycles. The molecule has 94 valence electrons. The van der Waals surface area contributed by atoms with Crippen molar-refractivity contribution in [1.29, 1.82) is 0 Å². The number of ether oxygens (including phenoxy) is 1. The summed E-state index contributed by atoms with van der Waals surface area (Å²) in [6.07, 6.45) is 1.18. The van der Waals surface area contributed by atoms with Crippen LogP contribution in [-0.4, -0.2) is 24.2 Å². The first-order chi connectivity index (χ1) is 8.10. The van der Waals surface area contributed by atoms with Crippen molar-refractivity contribution in [2.75, 3.05) is 18.2 Å². The number of nitrogens with one attached hydrogen (secondary N) is 1. The van der Waals surface area contributed by atoms with Crippen LogP contribution in [0, 0.1) is 0 Å². The third-order valence-electron chi connectivity index (χ3n) is 2.77. The van der Waals surface area contributed by atoms with E-state index >= 15 is 0 Å². The first-order valence-electron chi connectivity index (χ1n) is 5.51. The molecule has 1 aliphatic rings. The van der Waals surface area contributed by atoms with E-state index in [1.165, 1.54) is 6.42 Å². The van der Waals surface area contributed by atoms with Gasteiger partial charge in [0.1, 0.15) is 0 Å². The third kappa shape index (κ3) is 3.24. The van der Waals surface area contributed by atoms with Crippen molar-refractivity contribution in [3.05, 3.63) is 21.6 Å². The van der Waals surface area contributed by atoms with E-state index in [0.29, 0.717) is 11.1 Å². The van der Waals surface area contributed by atoms with Gasteiger partial charge >= 0.3 is 0 Å². The standard InChI is InChI=1S/C12H15BrClNOS/c1-7-3-9(6-17-7)15-11-5-8(14)4-10(13)12(11)16-2/h4-5,7,9,15H,3,6H2,1-2H3. The van der Waals surface area contributed by atoms with Crippen LogP contribution in [0.4, 0.5) is 5.69 Å². The van der Waals surface area contributed by atoms with E-state index in [9.17, 15) is 0 Å². The lowest BCUT2D eigenvalue weighted by Crippen LogP contribution is -2.19. The largest absolute Gasteiger partial charge is 0.493 e. The fourth-order valence-corrected chi connectivity index (χ4v) is 4.13. The van der Waals surface area contributed by atoms with E-state index in [2.05, 4.69) is 28.2 Å². The van der Waals surface area contributed by atoms with Crippen molar-refractivity contribution in [3.8, 4) is 5.75 Å². The molecule has 1 aromatic rings. The van der Waals surface area contributed by atoms with Gasteiger partial charge in [-0.3, -0.25) is 0 Å². The van der Waals surface area contributed by atoms with Crippen LogP contribution in [-0.2, 0) is 0 Å². The van der Waals surface area contributed by atoms with Gasteiger partial charge in [0.25, 0.3) is 0 Å². The number of hydrogen-bond acceptors (Lipinski definition) is 3. The highest BCUT2D eigenvalue weighted by atomic mass is 79.9. The summed E-state index contributed by atoms with van der Waals surface area (Å²) in [5.41, 5.74) is 0.964. The number of rotatable bonds is 3. The molecule has 1 fully saturated rings. The van der Waals surface area contributed by atoms with Gasteiger partial charge in [-0.2, -0.15) is 11.8 Å². The lowest BCUT2D eigenvalue weighted by Gasteiger charge is -2.17. The average molecular weight is 337 g/mol. The quantitative estimate of drug-likeness (QED) is 0.883. The monoisotopic (exact) mass is 335 g/mol. The highest BCUT2D eigenvalue weighted by Crippen LogP contribution is 2.38. The fourth-order valence-electron chi connectivity index (χ4n) is 2.01. The Morgan fingerprint density at radius 2 is 2.29 bits per heavy atom. The highest BCUT2D eigenvalue weighted by molar-refractivity contribution is 9.10. The van der Waals surface area contributed by atoms with Crippen LogP contribution in [0.3, 0.4) is 0 Å². The lowest BCUT2D eigenvalue weighted by molar-refractivity contribution is 0.413. The minimum absolute atomic E-state index is 0.495. The summed E-state index contributed by atoms with van der Waals surface area (Å²) < 4.78 is 6.28. The Hall–Kier alpha value is -0.0600. The third-order valence-corrected chi connectivity index (χ3v) is 4.93. The molecule has 0 bridgehead atoms. The first-order valence-corrected chi connectivity index (χ1v) is 7.73. The fraction of sp³-hybridized carbons (Fsp3) is 0.500. The molecule has 0 spiro atoms. The number of thioether (sulfide) groups is 1. The molecule has 1 heterocycles. The molecule has 2 unspecified atom stereocenters. The maximum absolute atomic E-state index is 6.06. The molecule has 2 atom stereocenters. The zero-order chi connectivity index (χ0) is 12.4. The van der Waals surface area contributed by atoms with Gasteiger partial charge in [-0.05, 0) is 34.5 Å². The Morgan fingerprint density at radius 3 is 2.88 bits per heavy atom. The van der Waals surface area contributed by atoms with E-state index in [-0.39, 0.29) is 0 Å². The Morgan fingerprint density at radius 1 is 1.53 bits per heavy atom. The van der Waals surface area contributed by atoms with Gasteiger partial charge in [0.05, 0.1) is 17.3 Å². The van der Waals surface area contributed by atoms with Gasteiger partial charge in [0, 0.05) is 22.1 Å². The Labute approximate surface area is 120 Å². The number of benzene rings is 1. The molecule has 1 aromatic carbocycles. The molecule has 0 amide bonds. The minimum Gasteiger partial charge on any atom is -0.493 e. The molecule has 1 saturated heterocycles. The maximum Gasteiger partial charge on any atom is 0.156 e. The molecule has 5 heteroatoms. The predicted octanol–water partition coefficient (Wildman–Crippen LogP) is 4.42. The Bertz CT molecular complexity index is 416. The van der Waals surface area contributed by atoms with Gasteiger partial charge in [0.15, 0.2) is 5.75 Å². The molecule has 0 saturated carbocycles. The van der Waals surface area contributed by atoms with Crippen molar-refractivity contribution >= 4 is 45.0 Å². The molecule has 0 radical (unpaired) electrons. The summed E-state index contributed by atoms with van der Waals surface area (Å²) in [4.78, 5) is 0. The van der Waals surface area contributed by atoms with Crippen molar-refractivity contribution in [3.63, 3.8) is 0 Å². The molecule has 2 rings (SSSR count). The van der Waals surface area contributed by atoms with Gasteiger partial charge in [-0.15, -0.1) is 0 Å². The lowest BCUT2D eigenvalue weighted by atomic mass is 10.2. The normalized spacial score (nSPS) is 23.8. The zero-order valence-electron chi connectivity index (χ0n) is 9.80. The van der Waals surface area contributed by atoms with Crippen molar-refractivity contribution < 1.29 is 4.74 Å². The van der Waals surface area contributed by atoms with E-state index in [1.54, 1.807) is 7.11 Å². The molecular weight excluding hydrogens is 322 g/mol. The molecule has 2 nitrogen and oxygen atoms in total. The summed E-state index contributed by atoms with van der Waals surface area (Å²) in [5.74, 6) is 1.95. The number of methoxy groups -OCH3 is 1. The Balaban J connectivity index is 2.19. The highest BCUT2D eigenvalue weighted by Gasteiger charge is 2.23. The van der Waals surface area contributed by atoms with Gasteiger partial charge in [-0.25, -0.2) is 0 Å². The van der Waals surface area contributed by atoms with E-state index in [4.69, 9.17) is 16.3 Å². The van der Waals surface area contributed by atoms with Gasteiger partial charge in [-0.1, -0.05) is 18.5 Å². The SMILES string of the molecule is COc1c(Br)cc(Cl)cc1NC1CSC(C)C1. The second kappa shape index (κ2) is 5.72. The van der Waals surface area contributed by atoms with Crippen LogP contribution < -0.4 is 10.1 Å². The predicted molar refractivity (Wildman–Crippen MR) is 79.7 cm³/mol. The topological polar surface area (TPSA) is 21.3 Å². The van der Waals surface area contributed by atoms with Gasteiger partial charge < -0.3 is 10.1 Å². The average Bonchev–Trinajstić information content (AvgIpc) is 2.63. The van der Waals surface area contributed by atoms with Crippen LogP contribution >= 0.6 is 39.3 Å². The summed E-state index contributed by atoms with van der Waals surface area (Å²) in [5, 5.41) is 4.94. The minimum atomic E-state index is 0.495. The smallest absolute Gasteiger partial charge is 0.156 e. The number of halogens is 2. The summed E-state index contributed by atoms with van der Waals surface area (Å²) in [6, 6.07) is 4.26. The molecule has 0 aliphatic carbocycles. The van der Waals surface area contributed by atoms with Crippen molar-refractivity contribution in [2.24, 2.45) is 0 Å². The van der Waals surface area contributed by atoms with Gasteiger partial charge in [0.2, 0.25) is 0 Å². The summed E-state index contributed by atoms with van der Waals surface area (Å²) >= 11 is 11.5. The van der Waals surface area contributed by atoms with E-state index in [1.807, 2.05) is 23.9 Å². The maximum atomic E-state index is 6.06. The van der Waals surface area contributed by atoms with Crippen LogP contribution in [0.25, 0.3) is 0 Å². The van der Waals surface area contributed by atoms with Crippen molar-refractivity contribution in [2.45, 2.75) is 24.6 Å². The number of hydrogen-bond donors (Lipinski definition) is 1. The van der Waals surface area contributed by atoms with Crippen LogP contribution in [0.15, 0.2) is 16.6 Å². The molecule has 17 heavy (non-hydrogen) atoms. The van der Waals surface area contributed by atoms with Crippen molar-refractivity contribution in [1.82, 2.24) is 0 Å². The summed E-state index contributed by atoms with van der Waals surface area (Å²) in [6.45, 7) is 2.26. The molecular formula is C12H15BrClNOS. The first kappa shape index (κ1) is 13.4. The molecule has 1 aliphatic heterocycles. The second-order valence-corrected chi connectivity index (χ2v) is 6.95. The summed E-state index contributed by atoms with van der Waals surface area (Å²) in [7, 11) is 1.67. The number of anilines is 1. The van der Waals surface area contributed by atoms with E-state index in [0.717, 1.165) is 26.9 Å². The van der Waals surface area contributed by atoms with Crippen LogP contribution in [0.1, 0.15) is 13.3 Å². The Kier molecular flexibility index (Phi) is 4.50.